The average molecular weight is 464 g/mol. The van der Waals surface area contributed by atoms with Crippen molar-refractivity contribution in [1.29, 1.82) is 0 Å². The molecule has 33 heavy (non-hydrogen) atoms. The van der Waals surface area contributed by atoms with Gasteiger partial charge in [-0.25, -0.2) is 13.6 Å². The molecule has 0 bridgehead atoms. The molecule has 1 fully saturated rings. The molecule has 10 nitrogen and oxygen atoms in total. The maximum Gasteiger partial charge on any atom is 0.414 e. The van der Waals surface area contributed by atoms with Crippen molar-refractivity contribution in [3.05, 3.63) is 53.8 Å². The number of aromatic nitrogens is 1. The van der Waals surface area contributed by atoms with E-state index in [0.717, 1.165) is 21.9 Å². The van der Waals surface area contributed by atoms with Gasteiger partial charge < -0.3 is 29.7 Å². The number of carbonyl (C=O) groups excluding carboxylic acids is 2. The van der Waals surface area contributed by atoms with E-state index < -0.39 is 54.1 Å². The zero-order valence-corrected chi connectivity index (χ0v) is 17.4. The van der Waals surface area contributed by atoms with E-state index in [2.05, 4.69) is 10.5 Å². The fourth-order valence-electron chi connectivity index (χ4n) is 3.82. The van der Waals surface area contributed by atoms with Crippen LogP contribution < -0.4 is 10.2 Å². The number of nitrogens with zero attached hydrogens (tertiary/aromatic N) is 3. The van der Waals surface area contributed by atoms with Gasteiger partial charge in [0.1, 0.15) is 24.0 Å². The van der Waals surface area contributed by atoms with Crippen LogP contribution in [-0.2, 0) is 9.53 Å². The molecule has 3 N–H and O–H groups in total. The SMILES string of the molecule is O=C1O[C@@H](CNc2ccon2)CN1c1cc(F)c(C2C=CCCN2C(=O)[C@@H](O)CO)c(F)c1. The molecule has 12 heteroatoms. The predicted molar refractivity (Wildman–Crippen MR) is 110 cm³/mol. The van der Waals surface area contributed by atoms with Crippen LogP contribution in [0, 0.1) is 11.6 Å². The van der Waals surface area contributed by atoms with Gasteiger partial charge in [0.15, 0.2) is 11.9 Å². The zero-order chi connectivity index (χ0) is 23.5. The Hall–Kier alpha value is -3.51. The fraction of sp³-hybridized carbons (Fsp3) is 0.381. The molecule has 0 spiro atoms. The minimum atomic E-state index is -1.69. The van der Waals surface area contributed by atoms with Crippen LogP contribution in [0.3, 0.4) is 0 Å². The van der Waals surface area contributed by atoms with Gasteiger partial charge in [-0.2, -0.15) is 0 Å². The van der Waals surface area contributed by atoms with Gasteiger partial charge in [0.25, 0.3) is 5.91 Å². The number of hydrogen-bond acceptors (Lipinski definition) is 8. The van der Waals surface area contributed by atoms with E-state index in [0.29, 0.717) is 12.2 Å². The van der Waals surface area contributed by atoms with Gasteiger partial charge in [0.2, 0.25) is 0 Å². The van der Waals surface area contributed by atoms with Crippen LogP contribution >= 0.6 is 0 Å². The average Bonchev–Trinajstić information content (AvgIpc) is 3.46. The van der Waals surface area contributed by atoms with Crippen molar-refractivity contribution in [2.45, 2.75) is 24.7 Å². The summed E-state index contributed by atoms with van der Waals surface area (Å²) in [5.74, 6) is -2.30. The molecule has 3 atom stereocenters. The number of nitrogens with one attached hydrogen (secondary N) is 1. The van der Waals surface area contributed by atoms with Gasteiger partial charge in [-0.15, -0.1) is 0 Å². The molecule has 4 rings (SSSR count). The van der Waals surface area contributed by atoms with Gasteiger partial charge in [-0.05, 0) is 18.6 Å². The lowest BCUT2D eigenvalue weighted by Gasteiger charge is -2.34. The highest BCUT2D eigenvalue weighted by Gasteiger charge is 2.36. The number of carbonyl (C=O) groups is 2. The predicted octanol–water partition coefficient (Wildman–Crippen LogP) is 1.57. The summed E-state index contributed by atoms with van der Waals surface area (Å²) in [5.41, 5.74) is -0.430. The molecule has 2 aliphatic heterocycles. The number of halogens is 2. The smallest absolute Gasteiger partial charge is 0.414 e. The number of hydrogen-bond donors (Lipinski definition) is 3. The maximum absolute atomic E-state index is 15.1. The number of aliphatic hydroxyl groups excluding tert-OH is 2. The van der Waals surface area contributed by atoms with Crippen LogP contribution in [0.1, 0.15) is 18.0 Å². The van der Waals surface area contributed by atoms with Crippen molar-refractivity contribution in [3.63, 3.8) is 0 Å². The lowest BCUT2D eigenvalue weighted by atomic mass is 9.98. The number of cyclic esters (lactones) is 1. The summed E-state index contributed by atoms with van der Waals surface area (Å²) in [6.07, 6.45) is 1.92. The van der Waals surface area contributed by atoms with Crippen LogP contribution in [0.15, 0.2) is 41.1 Å². The van der Waals surface area contributed by atoms with Gasteiger partial charge in [-0.3, -0.25) is 9.69 Å². The summed E-state index contributed by atoms with van der Waals surface area (Å²) in [6, 6.07) is 2.48. The van der Waals surface area contributed by atoms with Gasteiger partial charge in [0.05, 0.1) is 37.0 Å². The number of ether oxygens (including phenoxy) is 1. The standard InChI is InChI=1S/C21H22F2N4O6/c22-14-7-12(27-10-13(33-21(27)31)9-24-18-4-6-32-25-18)8-15(23)19(14)16-3-1-2-5-26(16)20(30)17(29)11-28/h1,3-4,6-8,13,16-17,28-29H,2,5,9-11H2,(H,24,25)/t13-,16?,17-/m0/s1. The highest BCUT2D eigenvalue weighted by Crippen LogP contribution is 2.34. The Morgan fingerprint density at radius 2 is 2.09 bits per heavy atom. The molecule has 176 valence electrons. The monoisotopic (exact) mass is 464 g/mol. The molecule has 0 radical (unpaired) electrons. The van der Waals surface area contributed by atoms with Crippen LogP contribution in [-0.4, -0.2) is 70.7 Å². The van der Waals surface area contributed by atoms with E-state index >= 15 is 8.78 Å². The summed E-state index contributed by atoms with van der Waals surface area (Å²) in [5, 5.41) is 25.4. The van der Waals surface area contributed by atoms with E-state index in [4.69, 9.17) is 14.4 Å². The Kier molecular flexibility index (Phi) is 6.56. The first kappa shape index (κ1) is 22.7. The summed E-state index contributed by atoms with van der Waals surface area (Å²) < 4.78 is 40.1. The number of benzene rings is 1. The van der Waals surface area contributed by atoms with Crippen LogP contribution in [0.5, 0.6) is 0 Å². The Morgan fingerprint density at radius 1 is 1.33 bits per heavy atom. The molecular weight excluding hydrogens is 442 g/mol. The lowest BCUT2D eigenvalue weighted by molar-refractivity contribution is -0.144. The van der Waals surface area contributed by atoms with Crippen molar-refractivity contribution in [3.8, 4) is 0 Å². The minimum Gasteiger partial charge on any atom is -0.442 e. The second-order valence-electron chi connectivity index (χ2n) is 7.60. The molecule has 2 amide bonds. The third kappa shape index (κ3) is 4.66. The zero-order valence-electron chi connectivity index (χ0n) is 17.4. The van der Waals surface area contributed by atoms with E-state index in [9.17, 15) is 14.7 Å². The molecule has 1 unspecified atom stereocenters. The topological polar surface area (TPSA) is 128 Å². The van der Waals surface area contributed by atoms with Gasteiger partial charge >= 0.3 is 6.09 Å². The Balaban J connectivity index is 1.53. The fourth-order valence-corrected chi connectivity index (χ4v) is 3.82. The summed E-state index contributed by atoms with van der Waals surface area (Å²) >= 11 is 0. The van der Waals surface area contributed by atoms with Crippen molar-refractivity contribution >= 4 is 23.5 Å². The maximum atomic E-state index is 15.1. The molecule has 2 aromatic rings. The highest BCUT2D eigenvalue weighted by molar-refractivity contribution is 5.90. The highest BCUT2D eigenvalue weighted by atomic mass is 19.1. The number of anilines is 2. The van der Waals surface area contributed by atoms with Crippen LogP contribution in [0.2, 0.25) is 0 Å². The largest absolute Gasteiger partial charge is 0.442 e. The molecular formula is C21H22F2N4O6. The summed E-state index contributed by atoms with van der Waals surface area (Å²) in [7, 11) is 0. The Bertz CT molecular complexity index is 1020. The van der Waals surface area contributed by atoms with Crippen LogP contribution in [0.25, 0.3) is 0 Å². The summed E-state index contributed by atoms with van der Waals surface area (Å²) in [4.78, 5) is 26.9. The molecule has 1 aromatic heterocycles. The van der Waals surface area contributed by atoms with Crippen LogP contribution in [0.4, 0.5) is 25.1 Å². The molecule has 2 aliphatic rings. The van der Waals surface area contributed by atoms with E-state index in [1.54, 1.807) is 12.1 Å². The number of rotatable bonds is 7. The first-order chi connectivity index (χ1) is 15.9. The third-order valence-corrected chi connectivity index (χ3v) is 5.43. The molecule has 0 saturated carbocycles. The number of amides is 2. The van der Waals surface area contributed by atoms with E-state index in [-0.39, 0.29) is 25.3 Å². The molecule has 0 aliphatic carbocycles. The van der Waals surface area contributed by atoms with E-state index in [1.165, 1.54) is 12.3 Å². The second-order valence-corrected chi connectivity index (χ2v) is 7.60. The van der Waals surface area contributed by atoms with Gasteiger partial charge in [0, 0.05) is 12.6 Å². The molecule has 1 aromatic carbocycles. The van der Waals surface area contributed by atoms with Crippen molar-refractivity contribution < 1.29 is 37.8 Å². The quantitative estimate of drug-likeness (QED) is 0.527. The van der Waals surface area contributed by atoms with Gasteiger partial charge in [-0.1, -0.05) is 17.3 Å². The molecule has 1 saturated heterocycles. The van der Waals surface area contributed by atoms with Crippen molar-refractivity contribution in [1.82, 2.24) is 10.1 Å². The minimum absolute atomic E-state index is 0.0317. The lowest BCUT2D eigenvalue weighted by Crippen LogP contribution is -2.44. The Morgan fingerprint density at radius 3 is 2.76 bits per heavy atom. The Labute approximate surface area is 187 Å². The first-order valence-corrected chi connectivity index (χ1v) is 10.3. The number of aliphatic hydroxyl groups is 2. The molecule has 3 heterocycles. The third-order valence-electron chi connectivity index (χ3n) is 5.43. The van der Waals surface area contributed by atoms with Crippen molar-refractivity contribution in [2.24, 2.45) is 0 Å². The first-order valence-electron chi connectivity index (χ1n) is 10.3. The van der Waals surface area contributed by atoms with Crippen molar-refractivity contribution in [2.75, 3.05) is 36.5 Å². The second kappa shape index (κ2) is 9.55. The van der Waals surface area contributed by atoms with E-state index in [1.807, 2.05) is 0 Å². The summed E-state index contributed by atoms with van der Waals surface area (Å²) in [6.45, 7) is -0.413. The normalized spacial score (nSPS) is 21.3.